The number of hydrogen-bond donors (Lipinski definition) is 0. The number of halogens is 1. The van der Waals surface area contributed by atoms with E-state index >= 15 is 0 Å². The Hall–Kier alpha value is -1.83. The molecule has 0 spiro atoms. The fourth-order valence-electron chi connectivity index (χ4n) is 3.01. The Labute approximate surface area is 203 Å². The van der Waals surface area contributed by atoms with Gasteiger partial charge in [-0.1, -0.05) is 29.8 Å². The summed E-state index contributed by atoms with van der Waals surface area (Å²) in [5, 5.41) is 15.7. The van der Waals surface area contributed by atoms with Gasteiger partial charge in [-0.15, -0.1) is 0 Å². The van der Waals surface area contributed by atoms with Gasteiger partial charge in [0.15, 0.2) is 0 Å². The molecule has 3 rings (SSSR count). The van der Waals surface area contributed by atoms with Crippen LogP contribution in [0.2, 0.25) is 5.02 Å². The molecule has 0 aliphatic carbocycles. The Bertz CT molecular complexity index is 976. The molecule has 0 saturated carbocycles. The van der Waals surface area contributed by atoms with Crippen molar-refractivity contribution in [2.45, 2.75) is 26.1 Å². The molecule has 6 nitrogen and oxygen atoms in total. The first kappa shape index (κ1) is 24.4. The van der Waals surface area contributed by atoms with E-state index in [2.05, 4.69) is 5.10 Å². The van der Waals surface area contributed by atoms with Crippen LogP contribution in [-0.4, -0.2) is 22.4 Å². The summed E-state index contributed by atoms with van der Waals surface area (Å²) in [5.74, 6) is -0.466. The van der Waals surface area contributed by atoms with E-state index in [1.807, 2.05) is 50.5 Å². The number of hydrogen-bond acceptors (Lipinski definition) is 5. The van der Waals surface area contributed by atoms with Crippen LogP contribution in [0.25, 0.3) is 11.1 Å². The molecule has 152 valence electrons. The summed E-state index contributed by atoms with van der Waals surface area (Å²) in [7, 11) is 1.86. The Morgan fingerprint density at radius 2 is 1.97 bits per heavy atom. The van der Waals surface area contributed by atoms with Gasteiger partial charge in [0.2, 0.25) is 0 Å². The summed E-state index contributed by atoms with van der Waals surface area (Å²) < 4.78 is 13.1. The van der Waals surface area contributed by atoms with E-state index in [0.717, 1.165) is 22.3 Å². The van der Waals surface area contributed by atoms with E-state index in [0.29, 0.717) is 24.0 Å². The SMILES string of the molecule is CCO[C@@H](CC(=O)[O-])c1ccc(OCc2ccc(Cl)c(-c3cnn(C)c3)c2)cc1.[Na+]. The van der Waals surface area contributed by atoms with Gasteiger partial charge in [0.25, 0.3) is 0 Å². The molecule has 2 aromatic carbocycles. The maximum atomic E-state index is 10.9. The maximum absolute atomic E-state index is 10.9. The number of aryl methyl sites for hydroxylation is 1. The molecule has 0 amide bonds. The molecule has 0 N–H and O–H groups in total. The van der Waals surface area contributed by atoms with Crippen LogP contribution in [0.3, 0.4) is 0 Å². The average Bonchev–Trinajstić information content (AvgIpc) is 3.13. The number of ether oxygens (including phenoxy) is 2. The number of aliphatic carboxylic acids is 1. The van der Waals surface area contributed by atoms with Crippen molar-refractivity contribution in [3.8, 4) is 16.9 Å². The molecular weight excluding hydrogens is 415 g/mol. The predicted molar refractivity (Wildman–Crippen MR) is 108 cm³/mol. The van der Waals surface area contributed by atoms with E-state index in [-0.39, 0.29) is 36.0 Å². The zero-order valence-electron chi connectivity index (χ0n) is 17.3. The van der Waals surface area contributed by atoms with Crippen LogP contribution in [0.1, 0.15) is 30.6 Å². The molecule has 0 radical (unpaired) electrons. The summed E-state index contributed by atoms with van der Waals surface area (Å²) in [6.07, 6.45) is 2.96. The van der Waals surface area contributed by atoms with E-state index in [1.165, 1.54) is 0 Å². The molecule has 1 heterocycles. The molecule has 30 heavy (non-hydrogen) atoms. The number of carboxylic acids is 1. The van der Waals surface area contributed by atoms with Gasteiger partial charge in [0.05, 0.1) is 12.3 Å². The minimum Gasteiger partial charge on any atom is -0.550 e. The zero-order chi connectivity index (χ0) is 20.8. The monoisotopic (exact) mass is 436 g/mol. The fourth-order valence-corrected chi connectivity index (χ4v) is 3.24. The van der Waals surface area contributed by atoms with Gasteiger partial charge in [0.1, 0.15) is 12.4 Å². The second-order valence-corrected chi connectivity index (χ2v) is 7.00. The van der Waals surface area contributed by atoms with Crippen molar-refractivity contribution in [1.82, 2.24) is 9.78 Å². The van der Waals surface area contributed by atoms with Crippen LogP contribution in [0, 0.1) is 0 Å². The number of carbonyl (C=O) groups excluding carboxylic acids is 1. The largest absolute Gasteiger partial charge is 1.00 e. The number of benzene rings is 2. The standard InChI is InChI=1S/C22H23ClN2O4.Na/c1-3-28-21(11-22(26)27)16-5-7-18(8-6-16)29-14-15-4-9-20(23)19(10-15)17-12-24-25(2)13-17;/h4-10,12-13,21H,3,11,14H2,1-2H3,(H,26,27);/q;+1/p-1/t21-;/m0./s1. The van der Waals surface area contributed by atoms with E-state index in [4.69, 9.17) is 21.1 Å². The molecule has 0 aliphatic rings. The van der Waals surface area contributed by atoms with Crippen LogP contribution < -0.4 is 39.4 Å². The molecule has 0 saturated heterocycles. The van der Waals surface area contributed by atoms with Crippen molar-refractivity contribution >= 4 is 17.6 Å². The van der Waals surface area contributed by atoms with Gasteiger partial charge < -0.3 is 19.4 Å². The predicted octanol–water partition coefficient (Wildman–Crippen LogP) is 0.541. The molecule has 8 heteroatoms. The Balaban J connectivity index is 0.00000320. The van der Waals surface area contributed by atoms with Gasteiger partial charge in [-0.25, -0.2) is 0 Å². The third kappa shape index (κ3) is 6.59. The maximum Gasteiger partial charge on any atom is 1.00 e. The third-order valence-corrected chi connectivity index (χ3v) is 4.75. The number of nitrogens with zero attached hydrogens (tertiary/aromatic N) is 2. The van der Waals surface area contributed by atoms with E-state index < -0.39 is 12.1 Å². The van der Waals surface area contributed by atoms with Crippen LogP contribution in [0.5, 0.6) is 5.75 Å². The fraction of sp³-hybridized carbons (Fsp3) is 0.273. The molecule has 3 aromatic rings. The molecule has 0 fully saturated rings. The number of carbonyl (C=O) groups is 1. The first-order valence-corrected chi connectivity index (χ1v) is 9.65. The van der Waals surface area contributed by atoms with Crippen molar-refractivity contribution in [1.29, 1.82) is 0 Å². The number of rotatable bonds is 9. The zero-order valence-corrected chi connectivity index (χ0v) is 20.1. The van der Waals surface area contributed by atoms with E-state index in [1.54, 1.807) is 23.0 Å². The van der Waals surface area contributed by atoms with E-state index in [9.17, 15) is 9.90 Å². The first-order chi connectivity index (χ1) is 14.0. The molecule has 1 atom stereocenters. The van der Waals surface area contributed by atoms with Gasteiger partial charge in [-0.2, -0.15) is 5.10 Å². The van der Waals surface area contributed by atoms with Crippen LogP contribution >= 0.6 is 11.6 Å². The molecule has 1 aromatic heterocycles. The van der Waals surface area contributed by atoms with Crippen molar-refractivity contribution in [2.24, 2.45) is 7.05 Å². The van der Waals surface area contributed by atoms with Crippen LogP contribution in [0.4, 0.5) is 0 Å². The smallest absolute Gasteiger partial charge is 0.550 e. The second kappa shape index (κ2) is 11.5. The minimum absolute atomic E-state index is 0. The van der Waals surface area contributed by atoms with Crippen molar-refractivity contribution in [2.75, 3.05) is 6.61 Å². The van der Waals surface area contributed by atoms with Crippen molar-refractivity contribution in [3.05, 3.63) is 71.0 Å². The summed E-state index contributed by atoms with van der Waals surface area (Å²) in [4.78, 5) is 10.9. The Kier molecular flexibility index (Phi) is 9.39. The second-order valence-electron chi connectivity index (χ2n) is 6.59. The summed E-state index contributed by atoms with van der Waals surface area (Å²) in [6.45, 7) is 2.62. The van der Waals surface area contributed by atoms with Crippen LogP contribution in [0.15, 0.2) is 54.9 Å². The summed E-state index contributed by atoms with van der Waals surface area (Å²) in [5.41, 5.74) is 3.59. The molecule has 0 unspecified atom stereocenters. The molecule has 0 bridgehead atoms. The molecular formula is C22H22ClN2NaO4. The van der Waals surface area contributed by atoms with Gasteiger partial charge in [0, 0.05) is 48.4 Å². The van der Waals surface area contributed by atoms with Crippen molar-refractivity contribution < 1.29 is 48.9 Å². The summed E-state index contributed by atoms with van der Waals surface area (Å²) >= 11 is 6.33. The Morgan fingerprint density at radius 3 is 2.57 bits per heavy atom. The minimum atomic E-state index is -1.14. The summed E-state index contributed by atoms with van der Waals surface area (Å²) in [6, 6.07) is 13.0. The van der Waals surface area contributed by atoms with Gasteiger partial charge in [-0.3, -0.25) is 4.68 Å². The van der Waals surface area contributed by atoms with Gasteiger partial charge >= 0.3 is 29.6 Å². The first-order valence-electron chi connectivity index (χ1n) is 9.28. The Morgan fingerprint density at radius 1 is 1.23 bits per heavy atom. The topological polar surface area (TPSA) is 76.4 Å². The van der Waals surface area contributed by atoms with Crippen molar-refractivity contribution in [3.63, 3.8) is 0 Å². The number of carboxylic acid groups (broad SMARTS) is 1. The normalized spacial score (nSPS) is 11.6. The van der Waals surface area contributed by atoms with Crippen LogP contribution in [-0.2, 0) is 23.2 Å². The average molecular weight is 437 g/mol. The quantitative estimate of drug-likeness (QED) is 0.458. The molecule has 0 aliphatic heterocycles. The number of aromatic nitrogens is 2. The van der Waals surface area contributed by atoms with Gasteiger partial charge in [-0.05, 0) is 42.3 Å². The third-order valence-electron chi connectivity index (χ3n) is 4.42.